The van der Waals surface area contributed by atoms with Crippen molar-refractivity contribution >= 4 is 34.1 Å². The summed E-state index contributed by atoms with van der Waals surface area (Å²) in [5, 5.41) is 0. The lowest BCUT2D eigenvalue weighted by atomic mass is 10.1. The van der Waals surface area contributed by atoms with E-state index in [-0.39, 0.29) is 0 Å². The molecule has 0 aromatic heterocycles. The quantitative estimate of drug-likeness (QED) is 0.699. The lowest BCUT2D eigenvalue weighted by Gasteiger charge is -2.21. The van der Waals surface area contributed by atoms with E-state index in [2.05, 4.69) is 130 Å². The zero-order valence-corrected chi connectivity index (χ0v) is 17.8. The third kappa shape index (κ3) is 4.29. The van der Waals surface area contributed by atoms with Crippen LogP contribution in [0.15, 0.2) is 72.8 Å². The lowest BCUT2D eigenvalue weighted by Crippen LogP contribution is -2.96. The molecule has 0 amide bonds. The zero-order chi connectivity index (χ0) is 20.3. The van der Waals surface area contributed by atoms with Gasteiger partial charge in [-0.15, -0.1) is 0 Å². The van der Waals surface area contributed by atoms with Gasteiger partial charge in [-0.3, -0.25) is 0 Å². The summed E-state index contributed by atoms with van der Waals surface area (Å²) in [7, 11) is 12.4. The minimum atomic E-state index is 1.20. The van der Waals surface area contributed by atoms with Crippen LogP contribution in [-0.4, -0.2) is 42.3 Å². The standard InChI is InChI=1S/C24H30N4/c1-25(2)19-7-13-22(14-8-19)28(23-15-9-20(10-16-23)26(3)4)24-17-11-21(12-18-24)27(5)6/h7-18H,1-6H3/p+1. The van der Waals surface area contributed by atoms with Crippen LogP contribution in [0.4, 0.5) is 34.1 Å². The SMILES string of the molecule is CN(C)c1ccc([NH+](c2ccc(N(C)C)cc2)c2ccc(N(C)C)cc2)cc1. The summed E-state index contributed by atoms with van der Waals surface area (Å²) in [4.78, 5) is 7.63. The number of hydrogen-bond donors (Lipinski definition) is 1. The molecular weight excluding hydrogens is 344 g/mol. The number of nitrogens with zero attached hydrogens (tertiary/aromatic N) is 3. The second-order valence-electron chi connectivity index (χ2n) is 7.70. The Bertz CT molecular complexity index is 757. The molecule has 28 heavy (non-hydrogen) atoms. The van der Waals surface area contributed by atoms with Crippen LogP contribution in [-0.2, 0) is 0 Å². The van der Waals surface area contributed by atoms with Gasteiger partial charge < -0.3 is 14.7 Å². The van der Waals surface area contributed by atoms with Crippen LogP contribution >= 0.6 is 0 Å². The first-order chi connectivity index (χ1) is 13.4. The zero-order valence-electron chi connectivity index (χ0n) is 17.8. The Kier molecular flexibility index (Phi) is 5.90. The van der Waals surface area contributed by atoms with Gasteiger partial charge in [0.1, 0.15) is 17.1 Å². The first kappa shape index (κ1) is 19.8. The molecule has 4 nitrogen and oxygen atoms in total. The highest BCUT2D eigenvalue weighted by molar-refractivity contribution is 5.57. The lowest BCUT2D eigenvalue weighted by molar-refractivity contribution is -0.681. The fourth-order valence-electron chi connectivity index (χ4n) is 3.28. The third-order valence-electron chi connectivity index (χ3n) is 5.02. The molecule has 0 radical (unpaired) electrons. The molecule has 3 rings (SSSR count). The monoisotopic (exact) mass is 375 g/mol. The maximum atomic E-state index is 2.21. The predicted octanol–water partition coefficient (Wildman–Crippen LogP) is 4.06. The van der Waals surface area contributed by atoms with Crippen LogP contribution in [0.5, 0.6) is 0 Å². The predicted molar refractivity (Wildman–Crippen MR) is 122 cm³/mol. The normalized spacial score (nSPS) is 10.8. The van der Waals surface area contributed by atoms with E-state index < -0.39 is 0 Å². The number of hydrogen-bond acceptors (Lipinski definition) is 3. The van der Waals surface area contributed by atoms with E-state index in [9.17, 15) is 0 Å². The molecule has 0 heterocycles. The smallest absolute Gasteiger partial charge is 0.141 e. The van der Waals surface area contributed by atoms with Gasteiger partial charge in [0.2, 0.25) is 0 Å². The summed E-state index contributed by atoms with van der Waals surface area (Å²) in [5.41, 5.74) is 7.28. The summed E-state index contributed by atoms with van der Waals surface area (Å²) in [6.07, 6.45) is 0. The molecule has 0 aliphatic rings. The molecular formula is C24H31N4+. The molecule has 0 spiro atoms. The van der Waals surface area contributed by atoms with Crippen molar-refractivity contribution in [3.63, 3.8) is 0 Å². The minimum Gasteiger partial charge on any atom is -0.378 e. The molecule has 146 valence electrons. The van der Waals surface area contributed by atoms with E-state index in [1.165, 1.54) is 39.0 Å². The highest BCUT2D eigenvalue weighted by atomic mass is 15.1. The molecule has 3 aromatic carbocycles. The van der Waals surface area contributed by atoms with Crippen molar-refractivity contribution in [2.24, 2.45) is 0 Å². The fourth-order valence-corrected chi connectivity index (χ4v) is 3.28. The Balaban J connectivity index is 2.04. The van der Waals surface area contributed by atoms with Gasteiger partial charge in [-0.1, -0.05) is 0 Å². The maximum Gasteiger partial charge on any atom is 0.141 e. The minimum absolute atomic E-state index is 1.20. The molecule has 0 fully saturated rings. The van der Waals surface area contributed by atoms with Crippen LogP contribution in [0.2, 0.25) is 0 Å². The van der Waals surface area contributed by atoms with Crippen LogP contribution in [0.1, 0.15) is 0 Å². The molecule has 4 heteroatoms. The van der Waals surface area contributed by atoms with Gasteiger partial charge >= 0.3 is 0 Å². The number of anilines is 3. The van der Waals surface area contributed by atoms with Gasteiger partial charge in [0, 0.05) is 95.7 Å². The van der Waals surface area contributed by atoms with E-state index in [4.69, 9.17) is 0 Å². The molecule has 0 saturated carbocycles. The first-order valence-electron chi connectivity index (χ1n) is 9.57. The van der Waals surface area contributed by atoms with Crippen LogP contribution < -0.4 is 19.6 Å². The van der Waals surface area contributed by atoms with Gasteiger partial charge in [-0.2, -0.15) is 0 Å². The second kappa shape index (κ2) is 8.36. The summed E-state index contributed by atoms with van der Waals surface area (Å²) in [6.45, 7) is 0. The van der Waals surface area contributed by atoms with Crippen LogP contribution in [0, 0.1) is 0 Å². The van der Waals surface area contributed by atoms with Crippen molar-refractivity contribution in [2.45, 2.75) is 0 Å². The molecule has 0 aliphatic heterocycles. The van der Waals surface area contributed by atoms with E-state index in [1.807, 2.05) is 0 Å². The summed E-state index contributed by atoms with van der Waals surface area (Å²) < 4.78 is 0. The summed E-state index contributed by atoms with van der Waals surface area (Å²) >= 11 is 0. The average molecular weight is 376 g/mol. The second-order valence-corrected chi connectivity index (χ2v) is 7.70. The largest absolute Gasteiger partial charge is 0.378 e. The molecule has 3 aromatic rings. The van der Waals surface area contributed by atoms with Gasteiger partial charge in [0.05, 0.1) is 0 Å². The molecule has 0 bridgehead atoms. The molecule has 0 saturated heterocycles. The molecule has 0 atom stereocenters. The van der Waals surface area contributed by atoms with Crippen LogP contribution in [0.3, 0.4) is 0 Å². The van der Waals surface area contributed by atoms with Crippen molar-refractivity contribution in [1.82, 2.24) is 0 Å². The average Bonchev–Trinajstić information content (AvgIpc) is 2.69. The van der Waals surface area contributed by atoms with Gasteiger partial charge in [-0.25, -0.2) is 4.90 Å². The van der Waals surface area contributed by atoms with Crippen molar-refractivity contribution in [3.05, 3.63) is 72.8 Å². The van der Waals surface area contributed by atoms with E-state index in [0.717, 1.165) is 0 Å². The van der Waals surface area contributed by atoms with Crippen molar-refractivity contribution in [1.29, 1.82) is 0 Å². The first-order valence-corrected chi connectivity index (χ1v) is 9.57. The van der Waals surface area contributed by atoms with Crippen molar-refractivity contribution < 1.29 is 4.90 Å². The van der Waals surface area contributed by atoms with Crippen molar-refractivity contribution in [3.8, 4) is 0 Å². The summed E-state index contributed by atoms with van der Waals surface area (Å²) in [5.74, 6) is 0. The Hall–Kier alpha value is -2.98. The molecule has 1 N–H and O–H groups in total. The van der Waals surface area contributed by atoms with E-state index in [0.29, 0.717) is 0 Å². The number of rotatable bonds is 6. The van der Waals surface area contributed by atoms with Gasteiger partial charge in [0.15, 0.2) is 0 Å². The Morgan fingerprint density at radius 1 is 0.393 bits per heavy atom. The fraction of sp³-hybridized carbons (Fsp3) is 0.250. The number of nitrogens with one attached hydrogen (secondary N) is 1. The van der Waals surface area contributed by atoms with Gasteiger partial charge in [0.25, 0.3) is 0 Å². The highest BCUT2D eigenvalue weighted by Crippen LogP contribution is 2.22. The highest BCUT2D eigenvalue weighted by Gasteiger charge is 2.19. The Labute approximate surface area is 169 Å². The van der Waals surface area contributed by atoms with E-state index >= 15 is 0 Å². The van der Waals surface area contributed by atoms with Gasteiger partial charge in [-0.05, 0) is 36.4 Å². The maximum absolute atomic E-state index is 2.21. The molecule has 0 unspecified atom stereocenters. The van der Waals surface area contributed by atoms with Crippen LogP contribution in [0.25, 0.3) is 0 Å². The number of quaternary nitrogens is 1. The molecule has 0 aliphatic carbocycles. The third-order valence-corrected chi connectivity index (χ3v) is 5.02. The Morgan fingerprint density at radius 2 is 0.607 bits per heavy atom. The Morgan fingerprint density at radius 3 is 0.786 bits per heavy atom. The summed E-state index contributed by atoms with van der Waals surface area (Å²) in [6, 6.07) is 26.3. The van der Waals surface area contributed by atoms with Crippen molar-refractivity contribution in [2.75, 3.05) is 57.0 Å². The topological polar surface area (TPSA) is 14.2 Å². The number of benzene rings is 3. The van der Waals surface area contributed by atoms with E-state index in [1.54, 1.807) is 0 Å².